The van der Waals surface area contributed by atoms with Crippen molar-refractivity contribution in [2.24, 2.45) is 0 Å². The molecule has 2 aromatic heterocycles. The molecule has 0 aliphatic rings. The normalized spacial score (nSPS) is 10.3. The maximum Gasteiger partial charge on any atom is 0.262 e. The van der Waals surface area contributed by atoms with E-state index in [0.717, 1.165) is 6.42 Å². The molecule has 0 saturated heterocycles. The average Bonchev–Trinajstić information content (AvgIpc) is 3.14. The van der Waals surface area contributed by atoms with Crippen LogP contribution in [0.5, 0.6) is 0 Å². The first-order chi connectivity index (χ1) is 9.86. The van der Waals surface area contributed by atoms with E-state index in [1.54, 1.807) is 0 Å². The Morgan fingerprint density at radius 3 is 2.85 bits per heavy atom. The Hall–Kier alpha value is -2.94. The number of benzene rings is 1. The van der Waals surface area contributed by atoms with Crippen LogP contribution in [0.3, 0.4) is 0 Å². The van der Waals surface area contributed by atoms with Gasteiger partial charge in [-0.05, 0) is 12.0 Å². The summed E-state index contributed by atoms with van der Waals surface area (Å²) in [5, 5.41) is 19.2. The van der Waals surface area contributed by atoms with Crippen molar-refractivity contribution in [1.82, 2.24) is 20.3 Å². The van der Waals surface area contributed by atoms with Crippen LogP contribution >= 0.6 is 0 Å². The van der Waals surface area contributed by atoms with Gasteiger partial charge in [0.2, 0.25) is 0 Å². The molecule has 0 unspecified atom stereocenters. The summed E-state index contributed by atoms with van der Waals surface area (Å²) in [6, 6.07) is 12.1. The Kier molecular flexibility index (Phi) is 3.25. The predicted molar refractivity (Wildman–Crippen MR) is 70.4 cm³/mol. The summed E-state index contributed by atoms with van der Waals surface area (Å²) in [6.07, 6.45) is 3.04. The third kappa shape index (κ3) is 2.42. The molecule has 6 heteroatoms. The monoisotopic (exact) mass is 265 g/mol. The fraction of sp³-hybridized carbons (Fsp3) is 0.143. The van der Waals surface area contributed by atoms with E-state index >= 15 is 0 Å². The summed E-state index contributed by atoms with van der Waals surface area (Å²) in [5.41, 5.74) is 2.08. The molecule has 0 atom stereocenters. The third-order valence-electron chi connectivity index (χ3n) is 2.93. The first-order valence-electron chi connectivity index (χ1n) is 6.17. The number of aromatic amines is 1. The van der Waals surface area contributed by atoms with Crippen LogP contribution in [0.1, 0.15) is 17.1 Å². The smallest absolute Gasteiger partial charge is 0.262 e. The largest absolute Gasteiger partial charge is 0.334 e. The second-order valence-corrected chi connectivity index (χ2v) is 4.27. The molecule has 1 aromatic carbocycles. The molecule has 0 spiro atoms. The molecule has 0 aliphatic carbocycles. The minimum Gasteiger partial charge on any atom is -0.334 e. The van der Waals surface area contributed by atoms with Gasteiger partial charge in [0.1, 0.15) is 11.8 Å². The Morgan fingerprint density at radius 1 is 1.20 bits per heavy atom. The van der Waals surface area contributed by atoms with E-state index in [1.807, 2.05) is 24.3 Å². The number of nitrogens with one attached hydrogen (secondary N) is 1. The van der Waals surface area contributed by atoms with Crippen molar-refractivity contribution in [3.63, 3.8) is 0 Å². The first-order valence-corrected chi connectivity index (χ1v) is 6.17. The van der Waals surface area contributed by atoms with Crippen molar-refractivity contribution >= 4 is 0 Å². The molecule has 20 heavy (non-hydrogen) atoms. The number of hydrogen-bond acceptors (Lipinski definition) is 5. The molecule has 0 amide bonds. The summed E-state index contributed by atoms with van der Waals surface area (Å²) in [4.78, 5) is 4.29. The van der Waals surface area contributed by atoms with Gasteiger partial charge in [0.15, 0.2) is 5.82 Å². The fourth-order valence-corrected chi connectivity index (χ4v) is 1.90. The predicted octanol–water partition coefficient (Wildman–Crippen LogP) is 2.12. The van der Waals surface area contributed by atoms with E-state index in [9.17, 15) is 0 Å². The summed E-state index contributed by atoms with van der Waals surface area (Å²) in [5.74, 6) is 0.937. The van der Waals surface area contributed by atoms with Crippen LogP contribution < -0.4 is 0 Å². The van der Waals surface area contributed by atoms with Crippen molar-refractivity contribution in [3.05, 3.63) is 53.6 Å². The van der Waals surface area contributed by atoms with Crippen LogP contribution in [-0.2, 0) is 12.8 Å². The summed E-state index contributed by atoms with van der Waals surface area (Å²) in [6.45, 7) is 0. The molecule has 0 aliphatic heterocycles. The Labute approximate surface area is 115 Å². The minimum absolute atomic E-state index is 0.318. The second-order valence-electron chi connectivity index (χ2n) is 4.27. The van der Waals surface area contributed by atoms with Crippen molar-refractivity contribution in [1.29, 1.82) is 5.26 Å². The summed E-state index contributed by atoms with van der Waals surface area (Å²) >= 11 is 0. The highest BCUT2D eigenvalue weighted by atomic mass is 16.5. The van der Waals surface area contributed by atoms with Gasteiger partial charge in [0.05, 0.1) is 11.8 Å². The van der Waals surface area contributed by atoms with Crippen LogP contribution in [-0.4, -0.2) is 20.3 Å². The maximum absolute atomic E-state index is 8.92. The van der Waals surface area contributed by atoms with E-state index in [1.165, 1.54) is 11.8 Å². The quantitative estimate of drug-likeness (QED) is 0.780. The molecule has 0 bridgehead atoms. The number of H-pyrrole nitrogens is 1. The molecule has 0 saturated carbocycles. The van der Waals surface area contributed by atoms with Gasteiger partial charge in [-0.2, -0.15) is 15.3 Å². The van der Waals surface area contributed by atoms with Crippen LogP contribution in [0.15, 0.2) is 41.1 Å². The number of nitriles is 1. The molecule has 3 aromatic rings. The second kappa shape index (κ2) is 5.36. The highest BCUT2D eigenvalue weighted by Gasteiger charge is 2.14. The molecule has 98 valence electrons. The number of hydrogen-bond donors (Lipinski definition) is 1. The first kappa shape index (κ1) is 12.1. The molecule has 0 radical (unpaired) electrons. The highest BCUT2D eigenvalue weighted by Crippen LogP contribution is 2.19. The minimum atomic E-state index is 0.318. The van der Waals surface area contributed by atoms with E-state index in [4.69, 9.17) is 9.78 Å². The SMILES string of the molecule is N#Cc1[nH]ncc1-c1nc(CCc2ccccc2)no1. The van der Waals surface area contributed by atoms with Gasteiger partial charge in [0.25, 0.3) is 5.89 Å². The van der Waals surface area contributed by atoms with Crippen molar-refractivity contribution in [2.75, 3.05) is 0 Å². The fourth-order valence-electron chi connectivity index (χ4n) is 1.90. The lowest BCUT2D eigenvalue weighted by Crippen LogP contribution is -1.93. The van der Waals surface area contributed by atoms with E-state index in [0.29, 0.717) is 29.4 Å². The molecule has 2 heterocycles. The molecule has 3 rings (SSSR count). The van der Waals surface area contributed by atoms with E-state index in [-0.39, 0.29) is 0 Å². The standard InChI is InChI=1S/C14H11N5O/c15-8-12-11(9-16-18-12)14-17-13(19-20-14)7-6-10-4-2-1-3-5-10/h1-5,9H,6-7H2,(H,16,18). The van der Waals surface area contributed by atoms with Crippen molar-refractivity contribution in [3.8, 4) is 17.5 Å². The van der Waals surface area contributed by atoms with E-state index in [2.05, 4.69) is 32.5 Å². The van der Waals surface area contributed by atoms with Crippen LogP contribution in [0.4, 0.5) is 0 Å². The molecule has 0 fully saturated rings. The van der Waals surface area contributed by atoms with Crippen molar-refractivity contribution < 1.29 is 4.52 Å². The van der Waals surface area contributed by atoms with Gasteiger partial charge in [0, 0.05) is 6.42 Å². The summed E-state index contributed by atoms with van der Waals surface area (Å²) in [7, 11) is 0. The lowest BCUT2D eigenvalue weighted by atomic mass is 10.1. The van der Waals surface area contributed by atoms with Gasteiger partial charge in [-0.25, -0.2) is 0 Å². The van der Waals surface area contributed by atoms with Crippen LogP contribution in [0.2, 0.25) is 0 Å². The molecular weight excluding hydrogens is 254 g/mol. The van der Waals surface area contributed by atoms with Gasteiger partial charge in [-0.15, -0.1) is 0 Å². The van der Waals surface area contributed by atoms with Gasteiger partial charge >= 0.3 is 0 Å². The Bertz CT molecular complexity index is 738. The lowest BCUT2D eigenvalue weighted by molar-refractivity contribution is 0.422. The highest BCUT2D eigenvalue weighted by molar-refractivity contribution is 5.58. The van der Waals surface area contributed by atoms with Crippen LogP contribution in [0.25, 0.3) is 11.5 Å². The maximum atomic E-state index is 8.92. The van der Waals surface area contributed by atoms with Gasteiger partial charge in [-0.3, -0.25) is 5.10 Å². The lowest BCUT2D eigenvalue weighted by Gasteiger charge is -1.96. The summed E-state index contributed by atoms with van der Waals surface area (Å²) < 4.78 is 5.17. The van der Waals surface area contributed by atoms with Gasteiger partial charge < -0.3 is 4.52 Å². The number of nitrogens with zero attached hydrogens (tertiary/aromatic N) is 4. The molecule has 1 N–H and O–H groups in total. The number of rotatable bonds is 4. The third-order valence-corrected chi connectivity index (χ3v) is 2.93. The topological polar surface area (TPSA) is 91.4 Å². The molecular formula is C14H11N5O. The Morgan fingerprint density at radius 2 is 2.05 bits per heavy atom. The number of aryl methyl sites for hydroxylation is 2. The molecule has 6 nitrogen and oxygen atoms in total. The van der Waals surface area contributed by atoms with Crippen LogP contribution in [0, 0.1) is 11.3 Å². The average molecular weight is 265 g/mol. The van der Waals surface area contributed by atoms with Gasteiger partial charge in [-0.1, -0.05) is 35.5 Å². The zero-order chi connectivity index (χ0) is 13.8. The van der Waals surface area contributed by atoms with Crippen molar-refractivity contribution in [2.45, 2.75) is 12.8 Å². The zero-order valence-electron chi connectivity index (χ0n) is 10.6. The number of aromatic nitrogens is 4. The Balaban J connectivity index is 1.73. The zero-order valence-corrected chi connectivity index (χ0v) is 10.6. The van der Waals surface area contributed by atoms with E-state index < -0.39 is 0 Å².